The summed E-state index contributed by atoms with van der Waals surface area (Å²) >= 11 is 0. The number of methoxy groups -OCH3 is 6. The molecule has 0 saturated carbocycles. The van der Waals surface area contributed by atoms with Gasteiger partial charge in [-0.05, 0) is 216 Å². The third kappa shape index (κ3) is 8.18. The van der Waals surface area contributed by atoms with Crippen LogP contribution in [0.25, 0.3) is 64.6 Å². The maximum Gasteiger partial charge on any atom is 0.194 e. The van der Waals surface area contributed by atoms with E-state index in [9.17, 15) is 0 Å². The Bertz CT molecular complexity index is 4040. The minimum absolute atomic E-state index is 0.283. The second-order valence-electron chi connectivity index (χ2n) is 19.6. The molecule has 0 spiro atoms. The van der Waals surface area contributed by atoms with Crippen molar-refractivity contribution in [1.29, 1.82) is 0 Å². The van der Waals surface area contributed by atoms with E-state index in [2.05, 4.69) is 14.7 Å². The molecule has 13 rings (SSSR count). The highest BCUT2D eigenvalue weighted by Gasteiger charge is 2.29. The molecule has 0 aliphatic heterocycles. The number of rotatable bonds is 15. The van der Waals surface area contributed by atoms with Crippen molar-refractivity contribution < 1.29 is 28.4 Å². The third-order valence-electron chi connectivity index (χ3n) is 15.5. The molecule has 0 aliphatic carbocycles. The van der Waals surface area contributed by atoms with Crippen molar-refractivity contribution in [1.82, 2.24) is 0 Å². The standard InChI is InChI=1S/C69H51N3O9/c1-76-49-22-7-40(8-23-49)70(41-9-24-50(77-2)25-10-41)46-19-34-55-58(37-46)61-64(67(55)73)62-60-39-48(72(44-15-30-53(80-5)31-16-44)45-17-32-54(81-6)33-18-45)21-36-57(60)69(75)66(62)63-59-38-47(20-35-56(59)68(74)65(61)63)71(42-11-26-51(78-3)27-12-42)43-13-28-52(79-4)29-14-43/h7-39H,1-6H3. The van der Waals surface area contributed by atoms with Gasteiger partial charge in [0, 0.05) is 99.7 Å². The number of hydrogen-bond donors (Lipinski definition) is 0. The molecular weight excluding hydrogens is 1010 g/mol. The largest absolute Gasteiger partial charge is 0.497 e. The van der Waals surface area contributed by atoms with Gasteiger partial charge in [0.25, 0.3) is 0 Å². The van der Waals surface area contributed by atoms with Gasteiger partial charge in [-0.3, -0.25) is 14.4 Å². The average molecular weight is 1070 g/mol. The molecule has 81 heavy (non-hydrogen) atoms. The predicted molar refractivity (Wildman–Crippen MR) is 327 cm³/mol. The Morgan fingerprint density at radius 1 is 0.210 bits per heavy atom. The molecule has 0 atom stereocenters. The molecule has 0 fully saturated rings. The van der Waals surface area contributed by atoms with Gasteiger partial charge in [0.1, 0.15) is 34.5 Å². The lowest BCUT2D eigenvalue weighted by Gasteiger charge is -2.26. The number of anilines is 9. The summed E-state index contributed by atoms with van der Waals surface area (Å²) in [7, 11) is 9.77. The molecule has 0 bridgehead atoms. The summed E-state index contributed by atoms with van der Waals surface area (Å²) in [4.78, 5) is 53.4. The molecule has 13 aromatic rings. The molecule has 0 aromatic heterocycles. The fourth-order valence-corrected chi connectivity index (χ4v) is 11.6. The third-order valence-corrected chi connectivity index (χ3v) is 15.5. The molecule has 12 nitrogen and oxygen atoms in total. The van der Waals surface area contributed by atoms with Crippen LogP contribution in [0, 0.1) is 0 Å². The second-order valence-corrected chi connectivity index (χ2v) is 19.6. The fraction of sp³-hybridized carbons (Fsp3) is 0.0870. The Morgan fingerprint density at radius 2 is 0.383 bits per heavy atom. The molecule has 0 saturated heterocycles. The summed E-state index contributed by atoms with van der Waals surface area (Å²) < 4.78 is 33.4. The molecule has 0 N–H and O–H groups in total. The van der Waals surface area contributed by atoms with E-state index in [-0.39, 0.29) is 16.3 Å². The first kappa shape index (κ1) is 49.9. The van der Waals surface area contributed by atoms with Crippen molar-refractivity contribution in [3.8, 4) is 34.5 Å². The minimum Gasteiger partial charge on any atom is -0.497 e. The molecule has 0 amide bonds. The summed E-state index contributed by atoms with van der Waals surface area (Å²) in [6.07, 6.45) is 0. The van der Waals surface area contributed by atoms with Crippen LogP contribution in [0.4, 0.5) is 51.2 Å². The first-order valence-electron chi connectivity index (χ1n) is 26.2. The van der Waals surface area contributed by atoms with E-state index < -0.39 is 0 Å². The van der Waals surface area contributed by atoms with E-state index >= 15 is 14.4 Å². The SMILES string of the molecule is COc1ccc(N(c2ccc(OC)cc2)c2ccc3c(=O)c4c(c3c2)c2c(=O)c3ccc(N(c5ccc(OC)cc5)c5ccc(OC)cc5)cc3c2c2c(=O)c3ccc(N(c5ccc(OC)cc5)c5ccc(OC)cc5)cc3c42)cc1. The first-order chi connectivity index (χ1) is 39.6. The van der Waals surface area contributed by atoms with E-state index in [0.717, 1.165) is 51.2 Å². The predicted octanol–water partition coefficient (Wildman–Crippen LogP) is 15.5. The van der Waals surface area contributed by atoms with E-state index in [1.165, 1.54) is 0 Å². The zero-order chi connectivity index (χ0) is 55.6. The molecule has 0 heterocycles. The second kappa shape index (κ2) is 20.0. The summed E-state index contributed by atoms with van der Waals surface area (Å²) in [5, 5.41) is 5.33. The highest BCUT2D eigenvalue weighted by molar-refractivity contribution is 6.43. The molecule has 12 heteroatoms. The smallest absolute Gasteiger partial charge is 0.194 e. The normalized spacial score (nSPS) is 11.5. The lowest BCUT2D eigenvalue weighted by Crippen LogP contribution is -2.10. The van der Waals surface area contributed by atoms with Crippen molar-refractivity contribution in [3.05, 3.63) is 231 Å². The Kier molecular flexibility index (Phi) is 12.3. The van der Waals surface area contributed by atoms with E-state index in [0.29, 0.717) is 99.1 Å². The Balaban J connectivity index is 1.14. The van der Waals surface area contributed by atoms with Crippen LogP contribution in [-0.2, 0) is 0 Å². The number of nitrogens with zero attached hydrogens (tertiary/aromatic N) is 3. The van der Waals surface area contributed by atoms with Crippen molar-refractivity contribution >= 4 is 116 Å². The van der Waals surface area contributed by atoms with E-state index in [4.69, 9.17) is 28.4 Å². The van der Waals surface area contributed by atoms with Crippen molar-refractivity contribution in [2.45, 2.75) is 0 Å². The fourth-order valence-electron chi connectivity index (χ4n) is 11.6. The lowest BCUT2D eigenvalue weighted by molar-refractivity contribution is 0.414. The Hall–Kier alpha value is -10.6. The van der Waals surface area contributed by atoms with Gasteiger partial charge in [0.15, 0.2) is 16.3 Å². The van der Waals surface area contributed by atoms with Gasteiger partial charge in [-0.15, -0.1) is 0 Å². The van der Waals surface area contributed by atoms with Gasteiger partial charge in [-0.25, -0.2) is 0 Å². The van der Waals surface area contributed by atoms with Crippen LogP contribution in [-0.4, -0.2) is 42.7 Å². The molecule has 0 radical (unpaired) electrons. The van der Waals surface area contributed by atoms with Crippen LogP contribution < -0.4 is 59.4 Å². The summed E-state index contributed by atoms with van der Waals surface area (Å²) in [5.74, 6) is 4.15. The van der Waals surface area contributed by atoms with Gasteiger partial charge in [-0.1, -0.05) is 0 Å². The zero-order valence-electron chi connectivity index (χ0n) is 45.1. The monoisotopic (exact) mass is 1070 g/mol. The van der Waals surface area contributed by atoms with Crippen LogP contribution in [0.3, 0.4) is 0 Å². The minimum atomic E-state index is -0.283. The highest BCUT2D eigenvalue weighted by Crippen LogP contribution is 2.48. The number of benzene rings is 10. The molecule has 0 unspecified atom stereocenters. The molecule has 13 aromatic carbocycles. The Labute approximate surface area is 464 Å². The van der Waals surface area contributed by atoms with Gasteiger partial charge in [0.2, 0.25) is 0 Å². The number of hydrogen-bond acceptors (Lipinski definition) is 12. The quantitative estimate of drug-likeness (QED) is 0.0973. The van der Waals surface area contributed by atoms with Crippen LogP contribution in [0.15, 0.2) is 215 Å². The maximum atomic E-state index is 15.7. The molecule has 0 aliphatic rings. The van der Waals surface area contributed by atoms with Crippen molar-refractivity contribution in [2.75, 3.05) is 57.4 Å². The average Bonchev–Trinajstić information content (AvgIpc) is 2.38. The van der Waals surface area contributed by atoms with Crippen molar-refractivity contribution in [2.24, 2.45) is 0 Å². The van der Waals surface area contributed by atoms with Gasteiger partial charge >= 0.3 is 0 Å². The maximum absolute atomic E-state index is 15.7. The summed E-state index contributed by atoms with van der Waals surface area (Å²) in [6.45, 7) is 0. The van der Waals surface area contributed by atoms with Crippen LogP contribution >= 0.6 is 0 Å². The van der Waals surface area contributed by atoms with Gasteiger partial charge in [0.05, 0.1) is 42.7 Å². The van der Waals surface area contributed by atoms with Crippen LogP contribution in [0.1, 0.15) is 0 Å². The first-order valence-corrected chi connectivity index (χ1v) is 26.2. The zero-order valence-corrected chi connectivity index (χ0v) is 45.1. The Morgan fingerprint density at radius 3 is 0.556 bits per heavy atom. The van der Waals surface area contributed by atoms with Gasteiger partial charge < -0.3 is 43.1 Å². The highest BCUT2D eigenvalue weighted by atomic mass is 16.5. The van der Waals surface area contributed by atoms with Crippen LogP contribution in [0.5, 0.6) is 34.5 Å². The van der Waals surface area contributed by atoms with Crippen molar-refractivity contribution in [3.63, 3.8) is 0 Å². The summed E-state index contributed by atoms with van der Waals surface area (Å²) in [6, 6.07) is 63.7. The van der Waals surface area contributed by atoms with Crippen LogP contribution in [0.2, 0.25) is 0 Å². The molecular formula is C69H51N3O9. The number of ether oxygens (including phenoxy) is 6. The van der Waals surface area contributed by atoms with Gasteiger partial charge in [-0.2, -0.15) is 0 Å². The lowest BCUT2D eigenvalue weighted by atomic mass is 9.98. The van der Waals surface area contributed by atoms with E-state index in [1.807, 2.05) is 200 Å². The summed E-state index contributed by atoms with van der Waals surface area (Å²) in [5.41, 5.74) is 6.28. The molecule has 396 valence electrons. The van der Waals surface area contributed by atoms with E-state index in [1.54, 1.807) is 42.7 Å². The topological polar surface area (TPSA) is 116 Å². The number of fused-ring (bicyclic) bond motifs is 12.